The molecule has 17 heavy (non-hydrogen) atoms. The number of sulfonamides is 1. The molecular formula is C9H13N3O3S2. The lowest BCUT2D eigenvalue weighted by Crippen LogP contribution is -2.31. The summed E-state index contributed by atoms with van der Waals surface area (Å²) in [6.07, 6.45) is 0.660. The van der Waals surface area contributed by atoms with E-state index in [0.717, 1.165) is 11.3 Å². The van der Waals surface area contributed by atoms with Crippen LogP contribution >= 0.6 is 11.3 Å². The average Bonchev–Trinajstić information content (AvgIpc) is 2.85. The van der Waals surface area contributed by atoms with Crippen molar-refractivity contribution in [2.75, 3.05) is 13.1 Å². The van der Waals surface area contributed by atoms with E-state index >= 15 is 0 Å². The maximum absolute atomic E-state index is 12.1. The standard InChI is InChI=1S/C9H13N3O3S2/c10-7-1-2-12(4-7)17(14,15)8-3-6(5-16-8)9(11)13/h3,5,7H,1-2,4,10H2,(H2,11,13). The summed E-state index contributed by atoms with van der Waals surface area (Å²) in [4.78, 5) is 10.9. The van der Waals surface area contributed by atoms with E-state index in [1.807, 2.05) is 0 Å². The van der Waals surface area contributed by atoms with Gasteiger partial charge in [0, 0.05) is 24.5 Å². The zero-order valence-corrected chi connectivity index (χ0v) is 10.6. The van der Waals surface area contributed by atoms with E-state index in [4.69, 9.17) is 11.5 Å². The van der Waals surface area contributed by atoms with Crippen LogP contribution in [0.5, 0.6) is 0 Å². The first kappa shape index (κ1) is 12.5. The van der Waals surface area contributed by atoms with E-state index in [9.17, 15) is 13.2 Å². The minimum atomic E-state index is -3.52. The highest BCUT2D eigenvalue weighted by atomic mass is 32.2. The molecule has 2 rings (SSSR count). The molecule has 8 heteroatoms. The third-order valence-electron chi connectivity index (χ3n) is 2.64. The molecule has 1 saturated heterocycles. The molecule has 94 valence electrons. The molecule has 0 aliphatic carbocycles. The van der Waals surface area contributed by atoms with E-state index in [1.54, 1.807) is 0 Å². The molecule has 0 bridgehead atoms. The van der Waals surface area contributed by atoms with Gasteiger partial charge in [0.1, 0.15) is 4.21 Å². The number of nitrogens with two attached hydrogens (primary N) is 2. The number of carbonyl (C=O) groups is 1. The van der Waals surface area contributed by atoms with Gasteiger partial charge in [-0.3, -0.25) is 4.79 Å². The Kier molecular flexibility index (Phi) is 3.21. The predicted molar refractivity (Wildman–Crippen MR) is 64.2 cm³/mol. The van der Waals surface area contributed by atoms with E-state index in [-0.39, 0.29) is 15.8 Å². The third kappa shape index (κ3) is 2.34. The molecule has 0 aromatic carbocycles. The Morgan fingerprint density at radius 1 is 1.53 bits per heavy atom. The van der Waals surface area contributed by atoms with Crippen LogP contribution in [0.2, 0.25) is 0 Å². The summed E-state index contributed by atoms with van der Waals surface area (Å²) in [5, 5.41) is 1.45. The Hall–Kier alpha value is -0.960. The second-order valence-electron chi connectivity index (χ2n) is 3.93. The number of amides is 1. The molecule has 0 spiro atoms. The Bertz CT molecular complexity index is 537. The lowest BCUT2D eigenvalue weighted by Gasteiger charge is -2.13. The molecule has 1 aromatic rings. The van der Waals surface area contributed by atoms with Crippen LogP contribution in [0, 0.1) is 0 Å². The molecule has 4 N–H and O–H groups in total. The number of hydrogen-bond acceptors (Lipinski definition) is 5. The minimum Gasteiger partial charge on any atom is -0.366 e. The Labute approximate surface area is 103 Å². The SMILES string of the molecule is NC(=O)c1csc(S(=O)(=O)N2CCC(N)C2)c1. The number of rotatable bonds is 3. The zero-order valence-electron chi connectivity index (χ0n) is 9.00. The quantitative estimate of drug-likeness (QED) is 0.780. The van der Waals surface area contributed by atoms with Crippen molar-refractivity contribution >= 4 is 27.3 Å². The topological polar surface area (TPSA) is 106 Å². The van der Waals surface area contributed by atoms with Gasteiger partial charge in [-0.1, -0.05) is 0 Å². The predicted octanol–water partition coefficient (Wildman–Crippen LogP) is -0.431. The Balaban J connectivity index is 2.28. The monoisotopic (exact) mass is 275 g/mol. The van der Waals surface area contributed by atoms with Crippen LogP contribution in [0.1, 0.15) is 16.8 Å². The molecule has 1 fully saturated rings. The fourth-order valence-electron chi connectivity index (χ4n) is 1.68. The van der Waals surface area contributed by atoms with Crippen molar-refractivity contribution in [3.63, 3.8) is 0 Å². The highest BCUT2D eigenvalue weighted by Gasteiger charge is 2.32. The number of nitrogens with zero attached hydrogens (tertiary/aromatic N) is 1. The summed E-state index contributed by atoms with van der Waals surface area (Å²) < 4.78 is 25.8. The fraction of sp³-hybridized carbons (Fsp3) is 0.444. The molecule has 0 radical (unpaired) electrons. The van der Waals surface area contributed by atoms with Crippen molar-refractivity contribution in [1.82, 2.24) is 4.31 Å². The second-order valence-corrected chi connectivity index (χ2v) is 7.01. The van der Waals surface area contributed by atoms with Crippen molar-refractivity contribution in [3.05, 3.63) is 17.0 Å². The maximum Gasteiger partial charge on any atom is 0.252 e. The van der Waals surface area contributed by atoms with Crippen LogP contribution in [0.3, 0.4) is 0 Å². The highest BCUT2D eigenvalue weighted by Crippen LogP contribution is 2.26. The van der Waals surface area contributed by atoms with Crippen molar-refractivity contribution in [2.24, 2.45) is 11.5 Å². The zero-order chi connectivity index (χ0) is 12.6. The fourth-order valence-corrected chi connectivity index (χ4v) is 4.51. The van der Waals surface area contributed by atoms with Gasteiger partial charge >= 0.3 is 0 Å². The minimum absolute atomic E-state index is 0.111. The Morgan fingerprint density at radius 3 is 2.71 bits per heavy atom. The van der Waals surface area contributed by atoms with E-state index < -0.39 is 15.9 Å². The number of primary amides is 1. The van der Waals surface area contributed by atoms with Crippen molar-refractivity contribution in [1.29, 1.82) is 0 Å². The first-order valence-electron chi connectivity index (χ1n) is 5.05. The number of hydrogen-bond donors (Lipinski definition) is 2. The van der Waals surface area contributed by atoms with E-state index in [2.05, 4.69) is 0 Å². The molecule has 1 aliphatic heterocycles. The first-order chi connectivity index (χ1) is 7.91. The van der Waals surface area contributed by atoms with Crippen LogP contribution in [0.25, 0.3) is 0 Å². The van der Waals surface area contributed by atoms with Crippen molar-refractivity contribution in [3.8, 4) is 0 Å². The molecule has 2 heterocycles. The van der Waals surface area contributed by atoms with Gasteiger partial charge < -0.3 is 11.5 Å². The normalized spacial score (nSPS) is 21.8. The van der Waals surface area contributed by atoms with Gasteiger partial charge in [-0.05, 0) is 12.5 Å². The summed E-state index contributed by atoms with van der Waals surface area (Å²) in [6.45, 7) is 0.749. The van der Waals surface area contributed by atoms with Crippen molar-refractivity contribution < 1.29 is 13.2 Å². The van der Waals surface area contributed by atoms with E-state index in [1.165, 1.54) is 15.8 Å². The smallest absolute Gasteiger partial charge is 0.252 e. The number of carbonyl (C=O) groups excluding carboxylic acids is 1. The summed E-state index contributed by atoms with van der Waals surface area (Å²) in [5.41, 5.74) is 11.0. The average molecular weight is 275 g/mol. The summed E-state index contributed by atoms with van der Waals surface area (Å²) in [5.74, 6) is -0.624. The van der Waals surface area contributed by atoms with Gasteiger partial charge in [0.2, 0.25) is 5.91 Å². The van der Waals surface area contributed by atoms with Crippen LogP contribution in [-0.2, 0) is 10.0 Å². The highest BCUT2D eigenvalue weighted by molar-refractivity contribution is 7.91. The summed E-state index contributed by atoms with van der Waals surface area (Å²) in [6, 6.07) is 1.20. The van der Waals surface area contributed by atoms with Crippen LogP contribution < -0.4 is 11.5 Å². The molecule has 1 atom stereocenters. The summed E-state index contributed by atoms with van der Waals surface area (Å²) in [7, 11) is -3.52. The number of thiophene rings is 1. The molecule has 1 unspecified atom stereocenters. The third-order valence-corrected chi connectivity index (χ3v) is 5.92. The Morgan fingerprint density at radius 2 is 2.24 bits per heavy atom. The van der Waals surface area contributed by atoms with Crippen LogP contribution in [0.4, 0.5) is 0 Å². The lowest BCUT2D eigenvalue weighted by molar-refractivity contribution is 0.100. The molecule has 1 aliphatic rings. The van der Waals surface area contributed by atoms with Crippen LogP contribution in [-0.4, -0.2) is 37.8 Å². The van der Waals surface area contributed by atoms with Crippen molar-refractivity contribution in [2.45, 2.75) is 16.7 Å². The van der Waals surface area contributed by atoms with Gasteiger partial charge in [-0.25, -0.2) is 8.42 Å². The molecule has 1 amide bonds. The summed E-state index contributed by atoms with van der Waals surface area (Å²) >= 11 is 1.00. The maximum atomic E-state index is 12.1. The van der Waals surface area contributed by atoms with E-state index in [0.29, 0.717) is 19.5 Å². The van der Waals surface area contributed by atoms with Gasteiger partial charge in [0.25, 0.3) is 10.0 Å². The largest absolute Gasteiger partial charge is 0.366 e. The first-order valence-corrected chi connectivity index (χ1v) is 7.37. The lowest BCUT2D eigenvalue weighted by atomic mass is 10.3. The molecular weight excluding hydrogens is 262 g/mol. The van der Waals surface area contributed by atoms with Gasteiger partial charge in [-0.15, -0.1) is 11.3 Å². The van der Waals surface area contributed by atoms with Gasteiger partial charge in [0.15, 0.2) is 0 Å². The molecule has 0 saturated carbocycles. The van der Waals surface area contributed by atoms with Gasteiger partial charge in [-0.2, -0.15) is 4.31 Å². The van der Waals surface area contributed by atoms with Gasteiger partial charge in [0.05, 0.1) is 5.56 Å². The molecule has 1 aromatic heterocycles. The van der Waals surface area contributed by atoms with Crippen LogP contribution in [0.15, 0.2) is 15.7 Å². The molecule has 6 nitrogen and oxygen atoms in total. The second kappa shape index (κ2) is 4.37.